The lowest BCUT2D eigenvalue weighted by atomic mass is 10.0. The van der Waals surface area contributed by atoms with Gasteiger partial charge in [0.05, 0.1) is 6.10 Å². The van der Waals surface area contributed by atoms with Crippen LogP contribution in [0.5, 0.6) is 0 Å². The van der Waals surface area contributed by atoms with Gasteiger partial charge in [-0.15, -0.1) is 0 Å². The van der Waals surface area contributed by atoms with E-state index in [1.807, 2.05) is 7.05 Å². The van der Waals surface area contributed by atoms with E-state index >= 15 is 0 Å². The van der Waals surface area contributed by atoms with Gasteiger partial charge in [0, 0.05) is 52.4 Å². The van der Waals surface area contributed by atoms with Crippen molar-refractivity contribution in [3.63, 3.8) is 0 Å². The first kappa shape index (κ1) is 21.1. The smallest absolute Gasteiger partial charge is 0.193 e. The zero-order valence-electron chi connectivity index (χ0n) is 18.0. The number of rotatable bonds is 8. The van der Waals surface area contributed by atoms with E-state index < -0.39 is 0 Å². The Bertz CT molecular complexity index is 621. The predicted molar refractivity (Wildman–Crippen MR) is 115 cm³/mol. The molecule has 5 nitrogen and oxygen atoms in total. The molecular formula is C23H37N3O2. The first-order chi connectivity index (χ1) is 13.6. The normalized spacial score (nSPS) is 23.3. The van der Waals surface area contributed by atoms with Gasteiger partial charge in [-0.2, -0.15) is 0 Å². The van der Waals surface area contributed by atoms with Crippen molar-refractivity contribution in [3.8, 4) is 0 Å². The van der Waals surface area contributed by atoms with Gasteiger partial charge >= 0.3 is 0 Å². The van der Waals surface area contributed by atoms with Crippen molar-refractivity contribution in [3.05, 3.63) is 35.4 Å². The molecule has 156 valence electrons. The maximum absolute atomic E-state index is 5.97. The summed E-state index contributed by atoms with van der Waals surface area (Å²) < 4.78 is 11.1. The van der Waals surface area contributed by atoms with Crippen LogP contribution in [-0.2, 0) is 9.47 Å². The van der Waals surface area contributed by atoms with E-state index in [9.17, 15) is 0 Å². The highest BCUT2D eigenvalue weighted by atomic mass is 16.5. The molecule has 1 aromatic rings. The largest absolute Gasteiger partial charge is 0.385 e. The third-order valence-corrected chi connectivity index (χ3v) is 5.94. The number of likely N-dealkylation sites (tertiary alicyclic amines) is 1. The maximum Gasteiger partial charge on any atom is 0.193 e. The fourth-order valence-electron chi connectivity index (χ4n) is 4.00. The molecule has 1 saturated carbocycles. The second kappa shape index (κ2) is 10.3. The minimum Gasteiger partial charge on any atom is -0.385 e. The van der Waals surface area contributed by atoms with Crippen LogP contribution in [0.3, 0.4) is 0 Å². The van der Waals surface area contributed by atoms with Gasteiger partial charge in [-0.05, 0) is 42.7 Å². The zero-order chi connectivity index (χ0) is 19.9. The summed E-state index contributed by atoms with van der Waals surface area (Å²) in [6.07, 6.45) is 4.68. The fourth-order valence-corrected chi connectivity index (χ4v) is 4.00. The Labute approximate surface area is 170 Å². The SMILES string of the molecule is CN=C(NC1CC1c1ccc(C(C)C)cc1)N1CCC(OCCCOC)CC1. The summed E-state index contributed by atoms with van der Waals surface area (Å²) in [5, 5.41) is 3.69. The van der Waals surface area contributed by atoms with Crippen LogP contribution in [-0.4, -0.2) is 63.5 Å². The number of piperidine rings is 1. The van der Waals surface area contributed by atoms with Crippen molar-refractivity contribution < 1.29 is 9.47 Å². The van der Waals surface area contributed by atoms with Crippen molar-refractivity contribution >= 4 is 5.96 Å². The third-order valence-electron chi connectivity index (χ3n) is 5.94. The number of nitrogens with one attached hydrogen (secondary N) is 1. The molecule has 1 heterocycles. The standard InChI is InChI=1S/C23H37N3O2/c1-17(2)18-6-8-19(9-7-18)21-16-22(21)25-23(24-3)26-12-10-20(11-13-26)28-15-5-14-27-4/h6-9,17,20-22H,5,10-16H2,1-4H3,(H,24,25). The number of methoxy groups -OCH3 is 1. The highest BCUT2D eigenvalue weighted by Crippen LogP contribution is 2.41. The van der Waals surface area contributed by atoms with Gasteiger partial charge in [-0.1, -0.05) is 38.1 Å². The van der Waals surface area contributed by atoms with Gasteiger partial charge in [0.25, 0.3) is 0 Å². The Morgan fingerprint density at radius 2 is 1.89 bits per heavy atom. The van der Waals surface area contributed by atoms with Crippen molar-refractivity contribution in [1.82, 2.24) is 10.2 Å². The lowest BCUT2D eigenvalue weighted by Crippen LogP contribution is -2.47. The highest BCUT2D eigenvalue weighted by Gasteiger charge is 2.39. The Kier molecular flexibility index (Phi) is 7.74. The summed E-state index contributed by atoms with van der Waals surface area (Å²) in [6, 6.07) is 9.67. The second-order valence-electron chi connectivity index (χ2n) is 8.37. The number of guanidine groups is 1. The molecular weight excluding hydrogens is 350 g/mol. The molecule has 1 saturated heterocycles. The second-order valence-corrected chi connectivity index (χ2v) is 8.37. The van der Waals surface area contributed by atoms with E-state index in [4.69, 9.17) is 9.47 Å². The van der Waals surface area contributed by atoms with Crippen LogP contribution in [0, 0.1) is 0 Å². The first-order valence-electron chi connectivity index (χ1n) is 10.8. The van der Waals surface area contributed by atoms with Crippen LogP contribution in [0.4, 0.5) is 0 Å². The van der Waals surface area contributed by atoms with E-state index in [0.29, 0.717) is 24.0 Å². The molecule has 0 aromatic heterocycles. The van der Waals surface area contributed by atoms with Gasteiger partial charge in [-0.25, -0.2) is 0 Å². The molecule has 0 bridgehead atoms. The average Bonchev–Trinajstić information content (AvgIpc) is 3.49. The minimum atomic E-state index is 0.374. The minimum absolute atomic E-state index is 0.374. The van der Waals surface area contributed by atoms with E-state index in [1.54, 1.807) is 7.11 Å². The van der Waals surface area contributed by atoms with Crippen LogP contribution in [0.15, 0.2) is 29.3 Å². The molecule has 2 atom stereocenters. The molecule has 28 heavy (non-hydrogen) atoms. The monoisotopic (exact) mass is 387 g/mol. The fraction of sp³-hybridized carbons (Fsp3) is 0.696. The molecule has 1 aliphatic carbocycles. The molecule has 1 aromatic carbocycles. The first-order valence-corrected chi connectivity index (χ1v) is 10.8. The molecule has 2 aliphatic rings. The van der Waals surface area contributed by atoms with E-state index in [2.05, 4.69) is 53.3 Å². The van der Waals surface area contributed by atoms with E-state index in [-0.39, 0.29) is 0 Å². The van der Waals surface area contributed by atoms with E-state index in [0.717, 1.165) is 51.5 Å². The summed E-state index contributed by atoms with van der Waals surface area (Å²) in [5.41, 5.74) is 2.86. The van der Waals surface area contributed by atoms with Crippen LogP contribution < -0.4 is 5.32 Å². The molecule has 3 rings (SSSR count). The highest BCUT2D eigenvalue weighted by molar-refractivity contribution is 5.80. The Morgan fingerprint density at radius 3 is 2.50 bits per heavy atom. The molecule has 5 heteroatoms. The molecule has 1 aliphatic heterocycles. The Balaban J connectivity index is 1.42. The van der Waals surface area contributed by atoms with Crippen LogP contribution in [0.2, 0.25) is 0 Å². The lowest BCUT2D eigenvalue weighted by Gasteiger charge is -2.34. The molecule has 0 spiro atoms. The lowest BCUT2D eigenvalue weighted by molar-refractivity contribution is 0.00989. The number of hydrogen-bond donors (Lipinski definition) is 1. The van der Waals surface area contributed by atoms with Crippen molar-refractivity contribution in [2.45, 2.75) is 63.5 Å². The molecule has 2 fully saturated rings. The van der Waals surface area contributed by atoms with Crippen molar-refractivity contribution in [2.75, 3.05) is 40.5 Å². The zero-order valence-corrected chi connectivity index (χ0v) is 18.0. The summed E-state index contributed by atoms with van der Waals surface area (Å²) in [6.45, 7) is 8.08. The number of aliphatic imine (C=N–C) groups is 1. The summed E-state index contributed by atoms with van der Waals surface area (Å²) in [7, 11) is 3.63. The van der Waals surface area contributed by atoms with Gasteiger partial charge < -0.3 is 19.7 Å². The molecule has 2 unspecified atom stereocenters. The third kappa shape index (κ3) is 5.71. The van der Waals surface area contributed by atoms with Crippen LogP contribution in [0.25, 0.3) is 0 Å². The van der Waals surface area contributed by atoms with Gasteiger partial charge in [-0.3, -0.25) is 4.99 Å². The number of ether oxygens (including phenoxy) is 2. The van der Waals surface area contributed by atoms with Gasteiger partial charge in [0.1, 0.15) is 0 Å². The van der Waals surface area contributed by atoms with Crippen LogP contribution in [0.1, 0.15) is 62.5 Å². The summed E-state index contributed by atoms with van der Waals surface area (Å²) in [4.78, 5) is 6.92. The van der Waals surface area contributed by atoms with Crippen molar-refractivity contribution in [2.24, 2.45) is 4.99 Å². The van der Waals surface area contributed by atoms with Gasteiger partial charge in [0.15, 0.2) is 5.96 Å². The van der Waals surface area contributed by atoms with E-state index in [1.165, 1.54) is 17.5 Å². The molecule has 1 N–H and O–H groups in total. The van der Waals surface area contributed by atoms with Gasteiger partial charge in [0.2, 0.25) is 0 Å². The summed E-state index contributed by atoms with van der Waals surface area (Å²) >= 11 is 0. The predicted octanol–water partition coefficient (Wildman–Crippen LogP) is 3.76. The molecule has 0 amide bonds. The number of nitrogens with zero attached hydrogens (tertiary/aromatic N) is 2. The summed E-state index contributed by atoms with van der Waals surface area (Å²) in [5.74, 6) is 2.25. The maximum atomic E-state index is 5.97. The quantitative estimate of drug-likeness (QED) is 0.419. The Hall–Kier alpha value is -1.59. The number of hydrogen-bond acceptors (Lipinski definition) is 3. The average molecular weight is 388 g/mol. The Morgan fingerprint density at radius 1 is 1.18 bits per heavy atom. The van der Waals surface area contributed by atoms with Crippen molar-refractivity contribution in [1.29, 1.82) is 0 Å². The topological polar surface area (TPSA) is 46.1 Å². The number of benzene rings is 1. The molecule has 0 radical (unpaired) electrons. The van der Waals surface area contributed by atoms with Crippen LogP contribution >= 0.6 is 0 Å².